The highest BCUT2D eigenvalue weighted by atomic mass is 79.9. The molecular formula is C11H14BrN5O. The van der Waals surface area contributed by atoms with Gasteiger partial charge >= 0.3 is 0 Å². The van der Waals surface area contributed by atoms with Crippen LogP contribution in [0.5, 0.6) is 0 Å². The lowest BCUT2D eigenvalue weighted by atomic mass is 10.2. The molecule has 0 atom stereocenters. The van der Waals surface area contributed by atoms with Gasteiger partial charge in [-0.25, -0.2) is 15.0 Å². The smallest absolute Gasteiger partial charge is 0.253 e. The Kier molecular flexibility index (Phi) is 5.11. The standard InChI is InChI=1S/C11H13N5O.BrH/c1-16-10(2-4-12)15-9(6-11(16)17)8-3-5-13-7-14-8;/h3,5-7H,2,4,12H2,1H3;1H. The van der Waals surface area contributed by atoms with Gasteiger partial charge in [0.1, 0.15) is 12.2 Å². The van der Waals surface area contributed by atoms with Crippen molar-refractivity contribution in [2.24, 2.45) is 12.8 Å². The van der Waals surface area contributed by atoms with Crippen LogP contribution >= 0.6 is 17.0 Å². The van der Waals surface area contributed by atoms with E-state index < -0.39 is 0 Å². The van der Waals surface area contributed by atoms with Crippen LogP contribution in [0.2, 0.25) is 0 Å². The summed E-state index contributed by atoms with van der Waals surface area (Å²) in [4.78, 5) is 24.0. The van der Waals surface area contributed by atoms with Gasteiger partial charge in [-0.05, 0) is 12.6 Å². The molecule has 18 heavy (non-hydrogen) atoms. The van der Waals surface area contributed by atoms with Gasteiger partial charge in [-0.3, -0.25) is 9.36 Å². The van der Waals surface area contributed by atoms with Gasteiger partial charge in [0.2, 0.25) is 0 Å². The van der Waals surface area contributed by atoms with Crippen molar-refractivity contribution < 1.29 is 0 Å². The van der Waals surface area contributed by atoms with Crippen molar-refractivity contribution in [3.63, 3.8) is 0 Å². The van der Waals surface area contributed by atoms with Crippen LogP contribution in [0.3, 0.4) is 0 Å². The Bertz CT molecular complexity index is 569. The Morgan fingerprint density at radius 1 is 1.39 bits per heavy atom. The fourth-order valence-corrected chi connectivity index (χ4v) is 1.51. The first-order chi connectivity index (χ1) is 8.22. The molecule has 96 valence electrons. The average molecular weight is 312 g/mol. The second kappa shape index (κ2) is 6.36. The lowest BCUT2D eigenvalue weighted by Crippen LogP contribution is -2.23. The summed E-state index contributed by atoms with van der Waals surface area (Å²) in [6.07, 6.45) is 3.60. The molecule has 2 aromatic heterocycles. The van der Waals surface area contributed by atoms with Crippen molar-refractivity contribution in [2.45, 2.75) is 6.42 Å². The van der Waals surface area contributed by atoms with E-state index in [-0.39, 0.29) is 22.5 Å². The van der Waals surface area contributed by atoms with E-state index in [2.05, 4.69) is 15.0 Å². The van der Waals surface area contributed by atoms with Crippen LogP contribution in [0.4, 0.5) is 0 Å². The zero-order valence-corrected chi connectivity index (χ0v) is 11.6. The number of rotatable bonds is 3. The Hall–Kier alpha value is -1.60. The molecule has 0 amide bonds. The molecular weight excluding hydrogens is 298 g/mol. The van der Waals surface area contributed by atoms with E-state index in [9.17, 15) is 4.79 Å². The molecule has 7 heteroatoms. The summed E-state index contributed by atoms with van der Waals surface area (Å²) in [5.74, 6) is 0.661. The van der Waals surface area contributed by atoms with Crippen LogP contribution in [0.25, 0.3) is 11.4 Å². The Morgan fingerprint density at radius 3 is 2.78 bits per heavy atom. The summed E-state index contributed by atoms with van der Waals surface area (Å²) in [7, 11) is 1.68. The van der Waals surface area contributed by atoms with Crippen molar-refractivity contribution in [3.05, 3.63) is 40.8 Å². The Balaban J connectivity index is 0.00000162. The Labute approximate surface area is 115 Å². The maximum Gasteiger partial charge on any atom is 0.253 e. The first kappa shape index (κ1) is 14.5. The molecule has 0 saturated heterocycles. The molecule has 0 unspecified atom stereocenters. The number of nitrogens with two attached hydrogens (primary N) is 1. The van der Waals surface area contributed by atoms with Crippen LogP contribution in [0.15, 0.2) is 29.5 Å². The predicted octanol–water partition coefficient (Wildman–Crippen LogP) is 0.316. The van der Waals surface area contributed by atoms with Crippen LogP contribution in [0.1, 0.15) is 5.82 Å². The lowest BCUT2D eigenvalue weighted by molar-refractivity contribution is 0.719. The monoisotopic (exact) mass is 311 g/mol. The highest BCUT2D eigenvalue weighted by Crippen LogP contribution is 2.10. The van der Waals surface area contributed by atoms with Crippen molar-refractivity contribution in [3.8, 4) is 11.4 Å². The van der Waals surface area contributed by atoms with E-state index in [4.69, 9.17) is 5.73 Å². The largest absolute Gasteiger partial charge is 0.330 e. The number of hydrogen-bond donors (Lipinski definition) is 1. The van der Waals surface area contributed by atoms with Crippen LogP contribution in [-0.4, -0.2) is 26.1 Å². The highest BCUT2D eigenvalue weighted by Gasteiger charge is 2.07. The third-order valence-corrected chi connectivity index (χ3v) is 2.44. The minimum atomic E-state index is -0.114. The minimum absolute atomic E-state index is 0. The van der Waals surface area contributed by atoms with E-state index in [0.29, 0.717) is 30.2 Å². The summed E-state index contributed by atoms with van der Waals surface area (Å²) < 4.78 is 1.50. The van der Waals surface area contributed by atoms with Crippen molar-refractivity contribution in [1.29, 1.82) is 0 Å². The van der Waals surface area contributed by atoms with Crippen LogP contribution in [0, 0.1) is 0 Å². The van der Waals surface area contributed by atoms with Crippen LogP contribution < -0.4 is 11.3 Å². The molecule has 2 rings (SSSR count). The molecule has 6 nitrogen and oxygen atoms in total. The molecule has 0 fully saturated rings. The molecule has 2 N–H and O–H groups in total. The second-order valence-corrected chi connectivity index (χ2v) is 3.59. The maximum absolute atomic E-state index is 11.7. The topological polar surface area (TPSA) is 86.7 Å². The molecule has 0 bridgehead atoms. The van der Waals surface area contributed by atoms with E-state index in [1.54, 1.807) is 19.3 Å². The highest BCUT2D eigenvalue weighted by molar-refractivity contribution is 8.93. The van der Waals surface area contributed by atoms with E-state index in [1.165, 1.54) is 17.0 Å². The third-order valence-electron chi connectivity index (χ3n) is 2.44. The summed E-state index contributed by atoms with van der Waals surface area (Å²) in [6.45, 7) is 0.452. The summed E-state index contributed by atoms with van der Waals surface area (Å²) in [5, 5.41) is 0. The second-order valence-electron chi connectivity index (χ2n) is 3.59. The van der Waals surface area contributed by atoms with Gasteiger partial charge in [0.25, 0.3) is 5.56 Å². The van der Waals surface area contributed by atoms with Gasteiger partial charge in [0.05, 0.1) is 11.4 Å². The maximum atomic E-state index is 11.7. The van der Waals surface area contributed by atoms with Gasteiger partial charge in [-0.2, -0.15) is 0 Å². The molecule has 0 aliphatic carbocycles. The van der Waals surface area contributed by atoms with Gasteiger partial charge in [-0.1, -0.05) is 0 Å². The van der Waals surface area contributed by atoms with E-state index in [0.717, 1.165) is 0 Å². The quantitative estimate of drug-likeness (QED) is 0.882. The first-order valence-corrected chi connectivity index (χ1v) is 5.26. The van der Waals surface area contributed by atoms with Crippen molar-refractivity contribution in [1.82, 2.24) is 19.5 Å². The van der Waals surface area contributed by atoms with Crippen molar-refractivity contribution >= 4 is 17.0 Å². The van der Waals surface area contributed by atoms with Gasteiger partial charge < -0.3 is 5.73 Å². The molecule has 0 radical (unpaired) electrons. The summed E-state index contributed by atoms with van der Waals surface area (Å²) in [6, 6.07) is 3.18. The number of nitrogens with zero attached hydrogens (tertiary/aromatic N) is 4. The van der Waals surface area contributed by atoms with Gasteiger partial charge in [-0.15, -0.1) is 17.0 Å². The molecule has 0 saturated carbocycles. The fraction of sp³-hybridized carbons (Fsp3) is 0.273. The SMILES string of the molecule is Br.Cn1c(CCN)nc(-c2ccncn2)cc1=O. The van der Waals surface area contributed by atoms with Crippen LogP contribution in [-0.2, 0) is 13.5 Å². The molecule has 0 spiro atoms. The minimum Gasteiger partial charge on any atom is -0.330 e. The van der Waals surface area contributed by atoms with E-state index >= 15 is 0 Å². The average Bonchev–Trinajstić information content (AvgIpc) is 2.36. The number of hydrogen-bond acceptors (Lipinski definition) is 5. The predicted molar refractivity (Wildman–Crippen MR) is 73.6 cm³/mol. The third kappa shape index (κ3) is 2.99. The first-order valence-electron chi connectivity index (χ1n) is 5.26. The number of halogens is 1. The molecule has 0 aliphatic heterocycles. The Morgan fingerprint density at radius 2 is 2.17 bits per heavy atom. The molecule has 2 aromatic rings. The van der Waals surface area contributed by atoms with Gasteiger partial charge in [0, 0.05) is 25.7 Å². The zero-order valence-electron chi connectivity index (χ0n) is 9.91. The molecule has 2 heterocycles. The van der Waals surface area contributed by atoms with Crippen molar-refractivity contribution in [2.75, 3.05) is 6.54 Å². The normalized spacial score (nSPS) is 9.89. The zero-order chi connectivity index (χ0) is 12.3. The molecule has 0 aliphatic rings. The molecule has 0 aromatic carbocycles. The summed E-state index contributed by atoms with van der Waals surface area (Å²) >= 11 is 0. The van der Waals surface area contributed by atoms with Gasteiger partial charge in [0.15, 0.2) is 0 Å². The fourth-order valence-electron chi connectivity index (χ4n) is 1.51. The van der Waals surface area contributed by atoms with E-state index in [1.807, 2.05) is 0 Å². The summed E-state index contributed by atoms with van der Waals surface area (Å²) in [5.41, 5.74) is 6.56. The lowest BCUT2D eigenvalue weighted by Gasteiger charge is -2.07. The number of aromatic nitrogens is 4.